The third-order valence-electron chi connectivity index (χ3n) is 4.59. The van der Waals surface area contributed by atoms with Crippen LogP contribution in [0.2, 0.25) is 0 Å². The van der Waals surface area contributed by atoms with E-state index in [1.54, 1.807) is 36.4 Å². The van der Waals surface area contributed by atoms with Crippen LogP contribution < -0.4 is 4.72 Å². The number of aromatic hydroxyl groups is 1. The van der Waals surface area contributed by atoms with E-state index in [4.69, 9.17) is 0 Å². The predicted octanol–water partition coefficient (Wildman–Crippen LogP) is 3.94. The van der Waals surface area contributed by atoms with E-state index in [0.717, 1.165) is 16.7 Å². The molecule has 2 aromatic rings. The van der Waals surface area contributed by atoms with Crippen molar-refractivity contribution in [2.45, 2.75) is 38.5 Å². The molecule has 1 aliphatic rings. The first kappa shape index (κ1) is 16.6. The molecule has 0 unspecified atom stereocenters. The number of fused-ring (bicyclic) bond motifs is 1. The third kappa shape index (κ3) is 3.04. The number of phenolic OH excluding ortho intramolecular Hbond substituents is 1. The van der Waals surface area contributed by atoms with E-state index in [2.05, 4.69) is 4.72 Å². The first-order valence-corrected chi connectivity index (χ1v) is 9.34. The Morgan fingerprint density at radius 1 is 0.875 bits per heavy atom. The van der Waals surface area contributed by atoms with E-state index < -0.39 is 10.0 Å². The average Bonchev–Trinajstić information content (AvgIpc) is 2.52. The van der Waals surface area contributed by atoms with Crippen molar-refractivity contribution in [3.8, 4) is 5.75 Å². The molecule has 2 N–H and O–H groups in total. The maximum Gasteiger partial charge on any atom is 0.261 e. The van der Waals surface area contributed by atoms with Crippen LogP contribution in [-0.2, 0) is 22.9 Å². The first-order valence-electron chi connectivity index (χ1n) is 7.86. The Morgan fingerprint density at radius 3 is 2.08 bits per heavy atom. The van der Waals surface area contributed by atoms with Crippen LogP contribution in [0.3, 0.4) is 0 Å². The molecule has 0 bridgehead atoms. The van der Waals surface area contributed by atoms with E-state index in [1.165, 1.54) is 11.1 Å². The summed E-state index contributed by atoms with van der Waals surface area (Å²) in [5.41, 5.74) is 5.64. The van der Waals surface area contributed by atoms with Gasteiger partial charge in [-0.3, -0.25) is 4.72 Å². The Hall–Kier alpha value is -2.27. The van der Waals surface area contributed by atoms with Crippen molar-refractivity contribution in [3.05, 3.63) is 64.2 Å². The van der Waals surface area contributed by atoms with Crippen molar-refractivity contribution in [3.63, 3.8) is 0 Å². The van der Waals surface area contributed by atoms with E-state index >= 15 is 0 Å². The number of hydrogen-bond acceptors (Lipinski definition) is 3. The fourth-order valence-corrected chi connectivity index (χ4v) is 4.02. The van der Waals surface area contributed by atoms with Gasteiger partial charge in [-0.05, 0) is 63.4 Å². The molecule has 1 aliphatic carbocycles. The molecule has 5 heteroatoms. The minimum atomic E-state index is -3.66. The minimum Gasteiger partial charge on any atom is -0.508 e. The topological polar surface area (TPSA) is 66.4 Å². The highest BCUT2D eigenvalue weighted by Crippen LogP contribution is 2.37. The zero-order valence-electron chi connectivity index (χ0n) is 14.1. The van der Waals surface area contributed by atoms with Crippen LogP contribution in [0.4, 0.5) is 5.69 Å². The molecular weight excluding hydrogens is 322 g/mol. The molecule has 0 aliphatic heterocycles. The zero-order chi connectivity index (χ0) is 17.5. The van der Waals surface area contributed by atoms with Gasteiger partial charge in [-0.1, -0.05) is 28.8 Å². The van der Waals surface area contributed by atoms with Crippen molar-refractivity contribution in [1.82, 2.24) is 0 Å². The number of hydrogen-bond donors (Lipinski definition) is 2. The van der Waals surface area contributed by atoms with Crippen LogP contribution >= 0.6 is 0 Å². The van der Waals surface area contributed by atoms with Gasteiger partial charge in [0.05, 0.1) is 10.6 Å². The highest BCUT2D eigenvalue weighted by atomic mass is 32.2. The van der Waals surface area contributed by atoms with E-state index in [-0.39, 0.29) is 10.6 Å². The third-order valence-corrected chi connectivity index (χ3v) is 5.98. The molecule has 0 atom stereocenters. The Morgan fingerprint density at radius 2 is 1.46 bits per heavy atom. The van der Waals surface area contributed by atoms with Crippen molar-refractivity contribution >= 4 is 15.7 Å². The zero-order valence-corrected chi connectivity index (χ0v) is 14.9. The van der Waals surface area contributed by atoms with Crippen molar-refractivity contribution < 1.29 is 13.5 Å². The second kappa shape index (κ2) is 5.98. The smallest absolute Gasteiger partial charge is 0.261 e. The lowest BCUT2D eigenvalue weighted by Crippen LogP contribution is -2.16. The maximum atomic E-state index is 12.6. The number of rotatable bonds is 3. The molecule has 4 nitrogen and oxygen atoms in total. The normalized spacial score (nSPS) is 14.5. The summed E-state index contributed by atoms with van der Waals surface area (Å²) in [6, 6.07) is 9.93. The van der Waals surface area contributed by atoms with Gasteiger partial charge in [0.15, 0.2) is 0 Å². The van der Waals surface area contributed by atoms with Crippen LogP contribution in [0.15, 0.2) is 52.4 Å². The molecule has 126 valence electrons. The molecule has 0 spiro atoms. The van der Waals surface area contributed by atoms with Gasteiger partial charge in [-0.2, -0.15) is 0 Å². The summed E-state index contributed by atoms with van der Waals surface area (Å²) >= 11 is 0. The summed E-state index contributed by atoms with van der Waals surface area (Å²) < 4.78 is 28.0. The van der Waals surface area contributed by atoms with Gasteiger partial charge >= 0.3 is 0 Å². The number of aryl methyl sites for hydroxylation is 1. The molecule has 0 heterocycles. The van der Waals surface area contributed by atoms with E-state index in [1.807, 2.05) is 20.8 Å². The van der Waals surface area contributed by atoms with Gasteiger partial charge in [0.1, 0.15) is 5.75 Å². The summed E-state index contributed by atoms with van der Waals surface area (Å²) in [4.78, 5) is 0.231. The molecule has 0 saturated heterocycles. The number of nitrogens with one attached hydrogen (secondary N) is 1. The first-order chi connectivity index (χ1) is 11.3. The molecule has 0 fully saturated rings. The Bertz CT molecular complexity index is 926. The maximum absolute atomic E-state index is 12.6. The SMILES string of the molecule is CC1=C(C)Cc2c(NS(=O)(=O)c3ccc(C)cc3)ccc(O)c2C1. The average molecular weight is 343 g/mol. The fraction of sp³-hybridized carbons (Fsp3) is 0.263. The lowest BCUT2D eigenvalue weighted by molar-refractivity contribution is 0.468. The fourth-order valence-electron chi connectivity index (χ4n) is 2.93. The van der Waals surface area contributed by atoms with Crippen LogP contribution in [-0.4, -0.2) is 13.5 Å². The van der Waals surface area contributed by atoms with E-state index in [9.17, 15) is 13.5 Å². The lowest BCUT2D eigenvalue weighted by Gasteiger charge is -2.23. The van der Waals surface area contributed by atoms with Crippen LogP contribution in [0.5, 0.6) is 5.75 Å². The summed E-state index contributed by atoms with van der Waals surface area (Å²) in [6.45, 7) is 6.00. The molecular formula is C19H21NO3S. The van der Waals surface area contributed by atoms with Crippen molar-refractivity contribution in [2.24, 2.45) is 0 Å². The van der Waals surface area contributed by atoms with Crippen LogP contribution in [0.25, 0.3) is 0 Å². The van der Waals surface area contributed by atoms with Gasteiger partial charge < -0.3 is 5.11 Å². The standard InChI is InChI=1S/C19H21NO3S/c1-12-4-6-15(7-5-12)24(22,23)20-18-8-9-19(21)17-11-14(3)13(2)10-16(17)18/h4-9,20-21H,10-11H2,1-3H3. The molecule has 3 rings (SSSR count). The second-order valence-corrected chi connectivity index (χ2v) is 8.10. The molecule has 0 saturated carbocycles. The highest BCUT2D eigenvalue weighted by Gasteiger charge is 2.22. The quantitative estimate of drug-likeness (QED) is 0.655. The Balaban J connectivity index is 2.01. The number of anilines is 1. The molecule has 0 aromatic heterocycles. The number of allylic oxidation sites excluding steroid dienone is 2. The Labute approximate surface area is 142 Å². The molecule has 2 aromatic carbocycles. The summed E-state index contributed by atoms with van der Waals surface area (Å²) in [5, 5.41) is 10.1. The number of sulfonamides is 1. The largest absolute Gasteiger partial charge is 0.508 e. The van der Waals surface area contributed by atoms with E-state index in [0.29, 0.717) is 18.5 Å². The van der Waals surface area contributed by atoms with Gasteiger partial charge in [-0.25, -0.2) is 8.42 Å². The van der Waals surface area contributed by atoms with Gasteiger partial charge in [0, 0.05) is 5.56 Å². The number of benzene rings is 2. The highest BCUT2D eigenvalue weighted by molar-refractivity contribution is 7.92. The molecule has 0 amide bonds. The number of phenols is 1. The van der Waals surface area contributed by atoms with Crippen molar-refractivity contribution in [2.75, 3.05) is 4.72 Å². The lowest BCUT2D eigenvalue weighted by atomic mass is 9.86. The summed E-state index contributed by atoms with van der Waals surface area (Å²) in [6.07, 6.45) is 1.29. The van der Waals surface area contributed by atoms with Gasteiger partial charge in [-0.15, -0.1) is 0 Å². The monoisotopic (exact) mass is 343 g/mol. The van der Waals surface area contributed by atoms with Crippen LogP contribution in [0, 0.1) is 6.92 Å². The molecule has 24 heavy (non-hydrogen) atoms. The summed E-state index contributed by atoms with van der Waals surface area (Å²) in [5.74, 6) is 0.218. The molecule has 0 radical (unpaired) electrons. The van der Waals surface area contributed by atoms with Crippen LogP contribution in [0.1, 0.15) is 30.5 Å². The Kier molecular flexibility index (Phi) is 4.13. The van der Waals surface area contributed by atoms with Crippen molar-refractivity contribution in [1.29, 1.82) is 0 Å². The summed E-state index contributed by atoms with van der Waals surface area (Å²) in [7, 11) is -3.66. The second-order valence-electron chi connectivity index (χ2n) is 6.42. The predicted molar refractivity (Wildman–Crippen MR) is 95.9 cm³/mol. The van der Waals surface area contributed by atoms with Gasteiger partial charge in [0.2, 0.25) is 0 Å². The van der Waals surface area contributed by atoms with Gasteiger partial charge in [0.25, 0.3) is 10.0 Å². The minimum absolute atomic E-state index is 0.218.